The van der Waals surface area contributed by atoms with Gasteiger partial charge in [-0.3, -0.25) is 9.59 Å². The maximum Gasteiger partial charge on any atom is 0.274 e. The molecular formula is C22H17F2N5O2. The highest BCUT2D eigenvalue weighted by Crippen LogP contribution is 2.29. The van der Waals surface area contributed by atoms with Gasteiger partial charge in [-0.25, -0.2) is 13.5 Å². The fourth-order valence-electron chi connectivity index (χ4n) is 3.45. The van der Waals surface area contributed by atoms with Crippen molar-refractivity contribution in [1.29, 1.82) is 0 Å². The first-order chi connectivity index (χ1) is 14.9. The van der Waals surface area contributed by atoms with Crippen molar-refractivity contribution in [2.75, 3.05) is 5.32 Å². The Morgan fingerprint density at radius 3 is 2.81 bits per heavy atom. The Hall–Kier alpha value is -4.06. The van der Waals surface area contributed by atoms with E-state index in [2.05, 4.69) is 26.9 Å². The Balaban J connectivity index is 1.52. The molecule has 0 unspecified atom stereocenters. The molecule has 31 heavy (non-hydrogen) atoms. The molecule has 2 atom stereocenters. The lowest BCUT2D eigenvalue weighted by molar-refractivity contribution is -0.118. The average molecular weight is 421 g/mol. The summed E-state index contributed by atoms with van der Waals surface area (Å²) in [5, 5.41) is 12.7. The normalized spacial score (nSPS) is 17.8. The molecule has 1 aliphatic rings. The highest BCUT2D eigenvalue weighted by molar-refractivity contribution is 6.01. The number of hydrogen-bond donors (Lipinski definition) is 2. The van der Waals surface area contributed by atoms with Gasteiger partial charge in [0.2, 0.25) is 5.91 Å². The number of anilines is 1. The Kier molecular flexibility index (Phi) is 5.45. The van der Waals surface area contributed by atoms with Gasteiger partial charge in [-0.05, 0) is 23.6 Å². The van der Waals surface area contributed by atoms with Crippen LogP contribution >= 0.6 is 0 Å². The molecule has 2 N–H and O–H groups in total. The summed E-state index contributed by atoms with van der Waals surface area (Å²) in [4.78, 5) is 25.4. The fraction of sp³-hybridized carbons (Fsp3) is 0.182. The third-order valence-corrected chi connectivity index (χ3v) is 4.97. The van der Waals surface area contributed by atoms with Crippen LogP contribution in [0.4, 0.5) is 14.5 Å². The van der Waals surface area contributed by atoms with E-state index in [1.54, 1.807) is 0 Å². The zero-order valence-corrected chi connectivity index (χ0v) is 16.2. The molecule has 2 amide bonds. The molecule has 1 aromatic heterocycles. The minimum absolute atomic E-state index is 0.00140. The number of nitrogens with zero attached hydrogens (tertiary/aromatic N) is 3. The number of benzene rings is 2. The second-order valence-corrected chi connectivity index (χ2v) is 7.13. The number of hydrogen-bond acceptors (Lipinski definition) is 4. The molecule has 0 spiro atoms. The van der Waals surface area contributed by atoms with Gasteiger partial charge in [-0.2, -0.15) is 0 Å². The second kappa shape index (κ2) is 8.36. The summed E-state index contributed by atoms with van der Waals surface area (Å²) in [5.74, 6) is -1.42. The third kappa shape index (κ3) is 4.28. The number of fused-ring (bicyclic) bond motifs is 1. The molecule has 2 heterocycles. The molecule has 9 heteroatoms. The number of halogens is 2. The van der Waals surface area contributed by atoms with Crippen molar-refractivity contribution in [3.63, 3.8) is 0 Å². The van der Waals surface area contributed by atoms with Crippen molar-refractivity contribution in [2.45, 2.75) is 19.0 Å². The Bertz CT molecular complexity index is 1190. The van der Waals surface area contributed by atoms with Gasteiger partial charge in [0.25, 0.3) is 5.91 Å². The fourth-order valence-corrected chi connectivity index (χ4v) is 3.45. The van der Waals surface area contributed by atoms with Crippen LogP contribution in [0.1, 0.15) is 21.6 Å². The van der Waals surface area contributed by atoms with Crippen LogP contribution in [0.2, 0.25) is 0 Å². The summed E-state index contributed by atoms with van der Waals surface area (Å²) in [5.41, 5.74) is 1.05. The Labute approximate surface area is 176 Å². The van der Waals surface area contributed by atoms with E-state index in [-0.39, 0.29) is 23.4 Å². The monoisotopic (exact) mass is 421 g/mol. The van der Waals surface area contributed by atoms with Crippen molar-refractivity contribution < 1.29 is 18.4 Å². The van der Waals surface area contributed by atoms with Gasteiger partial charge >= 0.3 is 0 Å². The van der Waals surface area contributed by atoms with Crippen molar-refractivity contribution in [3.8, 4) is 12.3 Å². The highest BCUT2D eigenvalue weighted by Gasteiger charge is 2.34. The predicted octanol–water partition coefficient (Wildman–Crippen LogP) is 2.15. The summed E-state index contributed by atoms with van der Waals surface area (Å²) < 4.78 is 29.2. The van der Waals surface area contributed by atoms with E-state index in [0.29, 0.717) is 12.6 Å². The number of carbonyl (C=O) groups is 2. The van der Waals surface area contributed by atoms with Gasteiger partial charge in [0.05, 0.1) is 24.3 Å². The molecule has 4 rings (SSSR count). The Morgan fingerprint density at radius 1 is 1.29 bits per heavy atom. The molecule has 7 nitrogen and oxygen atoms in total. The number of aromatic nitrogens is 3. The lowest BCUT2D eigenvalue weighted by Gasteiger charge is -2.19. The van der Waals surface area contributed by atoms with E-state index in [1.807, 2.05) is 30.3 Å². The van der Waals surface area contributed by atoms with Crippen LogP contribution in [0, 0.1) is 29.9 Å². The zero-order valence-electron chi connectivity index (χ0n) is 16.2. The first-order valence-electron chi connectivity index (χ1n) is 9.44. The van der Waals surface area contributed by atoms with Crippen molar-refractivity contribution in [3.05, 3.63) is 77.1 Å². The second-order valence-electron chi connectivity index (χ2n) is 7.13. The zero-order chi connectivity index (χ0) is 22.0. The minimum atomic E-state index is -1.16. The van der Waals surface area contributed by atoms with Crippen molar-refractivity contribution in [2.24, 2.45) is 5.92 Å². The van der Waals surface area contributed by atoms with E-state index in [4.69, 9.17) is 6.42 Å². The molecule has 0 bridgehead atoms. The average Bonchev–Trinajstić information content (AvgIpc) is 3.16. The molecule has 0 saturated carbocycles. The number of carbonyl (C=O) groups excluding carboxylic acids is 2. The molecule has 0 saturated heterocycles. The molecule has 0 radical (unpaired) electrons. The van der Waals surface area contributed by atoms with Gasteiger partial charge in [0, 0.05) is 6.07 Å². The van der Waals surface area contributed by atoms with Gasteiger partial charge in [0.1, 0.15) is 17.7 Å². The van der Waals surface area contributed by atoms with E-state index in [1.165, 1.54) is 10.9 Å². The summed E-state index contributed by atoms with van der Waals surface area (Å²) in [6.45, 7) is 0.415. The maximum atomic E-state index is 14.1. The topological polar surface area (TPSA) is 88.9 Å². The van der Waals surface area contributed by atoms with Crippen LogP contribution in [-0.4, -0.2) is 32.9 Å². The summed E-state index contributed by atoms with van der Waals surface area (Å²) in [6.07, 6.45) is 7.02. The highest BCUT2D eigenvalue weighted by atomic mass is 19.1. The number of amides is 2. The third-order valence-electron chi connectivity index (χ3n) is 4.97. The van der Waals surface area contributed by atoms with Gasteiger partial charge < -0.3 is 10.6 Å². The first-order valence-corrected chi connectivity index (χ1v) is 9.44. The molecular weight excluding hydrogens is 404 g/mol. The SMILES string of the molecule is C#C[C@@H]1Cc2cc(F)cc(F)c2NC(=O)[C@@H]1NC(=O)c1cn(Cc2ccccc2)nn1. The van der Waals surface area contributed by atoms with Crippen molar-refractivity contribution in [1.82, 2.24) is 20.3 Å². The lowest BCUT2D eigenvalue weighted by Crippen LogP contribution is -2.47. The minimum Gasteiger partial charge on any atom is -0.338 e. The summed E-state index contributed by atoms with van der Waals surface area (Å²) in [6, 6.07) is 10.1. The summed E-state index contributed by atoms with van der Waals surface area (Å²) >= 11 is 0. The van der Waals surface area contributed by atoms with Crippen LogP contribution in [0.5, 0.6) is 0 Å². The molecule has 2 aromatic carbocycles. The number of terminal acetylenes is 1. The lowest BCUT2D eigenvalue weighted by atomic mass is 9.93. The smallest absolute Gasteiger partial charge is 0.274 e. The predicted molar refractivity (Wildman–Crippen MR) is 108 cm³/mol. The van der Waals surface area contributed by atoms with Gasteiger partial charge in [-0.15, -0.1) is 17.4 Å². The van der Waals surface area contributed by atoms with Crippen LogP contribution in [0.15, 0.2) is 48.7 Å². The largest absolute Gasteiger partial charge is 0.338 e. The van der Waals surface area contributed by atoms with Gasteiger partial charge in [-0.1, -0.05) is 35.5 Å². The van der Waals surface area contributed by atoms with E-state index in [9.17, 15) is 18.4 Å². The van der Waals surface area contributed by atoms with E-state index >= 15 is 0 Å². The molecule has 1 aliphatic heterocycles. The van der Waals surface area contributed by atoms with E-state index < -0.39 is 35.4 Å². The quantitative estimate of drug-likeness (QED) is 0.632. The van der Waals surface area contributed by atoms with Crippen LogP contribution in [0.25, 0.3) is 0 Å². The van der Waals surface area contributed by atoms with E-state index in [0.717, 1.165) is 11.6 Å². The van der Waals surface area contributed by atoms with Crippen LogP contribution < -0.4 is 10.6 Å². The van der Waals surface area contributed by atoms with Crippen molar-refractivity contribution >= 4 is 17.5 Å². The van der Waals surface area contributed by atoms with Crippen LogP contribution in [0.3, 0.4) is 0 Å². The molecule has 156 valence electrons. The standard InChI is InChI=1S/C22H17F2N5O2/c1-2-14-8-15-9-16(23)10-17(24)19(15)25-22(31)20(14)26-21(30)18-12-29(28-27-18)11-13-6-4-3-5-7-13/h1,3-7,9-10,12,14,20H,8,11H2,(H,25,31)(H,26,30)/t14-,20-/m1/s1. The molecule has 0 fully saturated rings. The number of nitrogens with one attached hydrogen (secondary N) is 2. The van der Waals surface area contributed by atoms with Gasteiger partial charge in [0.15, 0.2) is 5.69 Å². The van der Waals surface area contributed by atoms with Crippen LogP contribution in [-0.2, 0) is 17.8 Å². The molecule has 0 aliphatic carbocycles. The summed E-state index contributed by atoms with van der Waals surface area (Å²) in [7, 11) is 0. The maximum absolute atomic E-state index is 14.1. The first kappa shape index (κ1) is 20.2. The Morgan fingerprint density at radius 2 is 2.06 bits per heavy atom. The molecule has 3 aromatic rings. The number of rotatable bonds is 4.